The topological polar surface area (TPSA) is 40.5 Å². The number of carbonyl (C=O) groups is 1. The molecule has 0 fully saturated rings. The van der Waals surface area contributed by atoms with Gasteiger partial charge >= 0.3 is 0 Å². The van der Waals surface area contributed by atoms with Crippen LogP contribution in [-0.2, 0) is 0 Å². The molecular weight excluding hydrogens is 286 g/mol. The summed E-state index contributed by atoms with van der Waals surface area (Å²) in [6.45, 7) is 3.75. The Morgan fingerprint density at radius 3 is 2.52 bits per heavy atom. The van der Waals surface area contributed by atoms with Crippen molar-refractivity contribution in [1.29, 1.82) is 0 Å². The van der Waals surface area contributed by atoms with Gasteiger partial charge in [-0.1, -0.05) is 29.8 Å². The molecule has 1 amide bonds. The molecule has 1 atom stereocenters. The van der Waals surface area contributed by atoms with Crippen molar-refractivity contribution in [1.82, 2.24) is 4.90 Å². The third kappa shape index (κ3) is 3.19. The molecule has 2 aromatic rings. The molecule has 0 aliphatic carbocycles. The predicted octanol–water partition coefficient (Wildman–Crippen LogP) is 4.19. The fourth-order valence-electron chi connectivity index (χ4n) is 2.21. The van der Waals surface area contributed by atoms with Crippen LogP contribution >= 0.6 is 11.6 Å². The summed E-state index contributed by atoms with van der Waals surface area (Å²) in [4.78, 5) is 14.1. The van der Waals surface area contributed by atoms with Gasteiger partial charge in [-0.15, -0.1) is 0 Å². The second-order valence-electron chi connectivity index (χ2n) is 5.11. The van der Waals surface area contributed by atoms with Crippen LogP contribution in [0.2, 0.25) is 5.02 Å². The van der Waals surface area contributed by atoms with Gasteiger partial charge in [0, 0.05) is 23.2 Å². The lowest BCUT2D eigenvalue weighted by molar-refractivity contribution is 0.0741. The van der Waals surface area contributed by atoms with E-state index in [4.69, 9.17) is 11.6 Å². The predicted molar refractivity (Wildman–Crippen MR) is 84.8 cm³/mol. The first-order valence-electron chi connectivity index (χ1n) is 6.73. The zero-order chi connectivity index (χ0) is 15.6. The molecule has 0 radical (unpaired) electrons. The first-order chi connectivity index (χ1) is 9.91. The van der Waals surface area contributed by atoms with E-state index < -0.39 is 0 Å². The maximum absolute atomic E-state index is 12.5. The zero-order valence-corrected chi connectivity index (χ0v) is 13.1. The minimum Gasteiger partial charge on any atom is -0.508 e. The molecule has 0 saturated heterocycles. The highest BCUT2D eigenvalue weighted by atomic mass is 35.5. The maximum atomic E-state index is 12.5. The van der Waals surface area contributed by atoms with Gasteiger partial charge in [0.2, 0.25) is 0 Å². The smallest absolute Gasteiger partial charge is 0.254 e. The summed E-state index contributed by atoms with van der Waals surface area (Å²) in [5.41, 5.74) is 2.17. The molecule has 0 heterocycles. The van der Waals surface area contributed by atoms with Gasteiger partial charge in [0.05, 0.1) is 6.04 Å². The molecule has 21 heavy (non-hydrogen) atoms. The van der Waals surface area contributed by atoms with Crippen LogP contribution in [0.3, 0.4) is 0 Å². The van der Waals surface area contributed by atoms with E-state index in [-0.39, 0.29) is 17.7 Å². The van der Waals surface area contributed by atoms with E-state index in [2.05, 4.69) is 0 Å². The van der Waals surface area contributed by atoms with Crippen molar-refractivity contribution in [2.24, 2.45) is 0 Å². The number of carbonyl (C=O) groups excluding carboxylic acids is 1. The number of rotatable bonds is 3. The Bertz CT molecular complexity index is 670. The second-order valence-corrected chi connectivity index (χ2v) is 5.52. The Balaban J connectivity index is 2.26. The molecule has 110 valence electrons. The average molecular weight is 304 g/mol. The van der Waals surface area contributed by atoms with Gasteiger partial charge in [0.25, 0.3) is 5.91 Å². The first-order valence-corrected chi connectivity index (χ1v) is 7.11. The first kappa shape index (κ1) is 15.4. The van der Waals surface area contributed by atoms with E-state index in [9.17, 15) is 9.90 Å². The van der Waals surface area contributed by atoms with Gasteiger partial charge in [-0.05, 0) is 43.7 Å². The van der Waals surface area contributed by atoms with Crippen molar-refractivity contribution >= 4 is 17.5 Å². The lowest BCUT2D eigenvalue weighted by Crippen LogP contribution is -2.29. The number of halogens is 1. The van der Waals surface area contributed by atoms with Crippen LogP contribution in [0.4, 0.5) is 0 Å². The van der Waals surface area contributed by atoms with E-state index in [0.29, 0.717) is 10.6 Å². The molecule has 0 aromatic heterocycles. The summed E-state index contributed by atoms with van der Waals surface area (Å²) in [5, 5.41) is 10.5. The van der Waals surface area contributed by atoms with E-state index >= 15 is 0 Å². The average Bonchev–Trinajstić information content (AvgIpc) is 2.48. The van der Waals surface area contributed by atoms with Crippen molar-refractivity contribution in [2.45, 2.75) is 19.9 Å². The molecular formula is C17H18ClNO2. The Morgan fingerprint density at radius 1 is 1.24 bits per heavy atom. The second kappa shape index (κ2) is 6.19. The van der Waals surface area contributed by atoms with Crippen molar-refractivity contribution in [2.75, 3.05) is 7.05 Å². The summed E-state index contributed by atoms with van der Waals surface area (Å²) in [5.74, 6) is 0.0856. The van der Waals surface area contributed by atoms with Gasteiger partial charge in [-0.3, -0.25) is 4.79 Å². The number of benzene rings is 2. The van der Waals surface area contributed by atoms with Gasteiger partial charge in [-0.25, -0.2) is 0 Å². The lowest BCUT2D eigenvalue weighted by atomic mass is 10.0. The molecule has 0 aliphatic rings. The highest BCUT2D eigenvalue weighted by Gasteiger charge is 2.21. The molecule has 0 aliphatic heterocycles. The van der Waals surface area contributed by atoms with Gasteiger partial charge in [0.15, 0.2) is 0 Å². The standard InChI is InChI=1S/C17H18ClNO2/c1-11-10-13(8-9-15(11)18)17(21)19(3)12(2)14-6-4-5-7-16(14)20/h4-10,12,20H,1-3H3. The van der Waals surface area contributed by atoms with E-state index in [1.807, 2.05) is 26.0 Å². The van der Waals surface area contributed by atoms with Crippen LogP contribution in [0.5, 0.6) is 5.75 Å². The van der Waals surface area contributed by atoms with E-state index in [0.717, 1.165) is 11.1 Å². The highest BCUT2D eigenvalue weighted by Crippen LogP contribution is 2.28. The Labute approximate surface area is 129 Å². The van der Waals surface area contributed by atoms with Crippen LogP contribution in [-0.4, -0.2) is 23.0 Å². The normalized spacial score (nSPS) is 12.0. The fourth-order valence-corrected chi connectivity index (χ4v) is 2.32. The van der Waals surface area contributed by atoms with Crippen LogP contribution < -0.4 is 0 Å². The Hall–Kier alpha value is -2.00. The molecule has 1 unspecified atom stereocenters. The van der Waals surface area contributed by atoms with Crippen LogP contribution in [0.25, 0.3) is 0 Å². The minimum atomic E-state index is -0.227. The highest BCUT2D eigenvalue weighted by molar-refractivity contribution is 6.31. The quantitative estimate of drug-likeness (QED) is 0.923. The number of amides is 1. The number of aryl methyl sites for hydroxylation is 1. The van der Waals surface area contributed by atoms with Crippen LogP contribution in [0.1, 0.15) is 34.5 Å². The van der Waals surface area contributed by atoms with Crippen molar-refractivity contribution in [3.63, 3.8) is 0 Å². The molecule has 2 rings (SSSR count). The summed E-state index contributed by atoms with van der Waals surface area (Å²) in [6, 6.07) is 12.0. The molecule has 0 bridgehead atoms. The Kier molecular flexibility index (Phi) is 4.53. The molecule has 0 spiro atoms. The Morgan fingerprint density at radius 2 is 1.90 bits per heavy atom. The van der Waals surface area contributed by atoms with Crippen LogP contribution in [0, 0.1) is 6.92 Å². The monoisotopic (exact) mass is 303 g/mol. The number of para-hydroxylation sites is 1. The molecule has 4 heteroatoms. The number of nitrogens with zero attached hydrogens (tertiary/aromatic N) is 1. The molecule has 1 N–H and O–H groups in total. The summed E-state index contributed by atoms with van der Waals surface area (Å²) in [6.07, 6.45) is 0. The SMILES string of the molecule is Cc1cc(C(=O)N(C)C(C)c2ccccc2O)ccc1Cl. The molecule has 2 aromatic carbocycles. The molecule has 3 nitrogen and oxygen atoms in total. The third-order valence-corrected chi connectivity index (χ3v) is 4.12. The van der Waals surface area contributed by atoms with E-state index in [1.165, 1.54) is 0 Å². The largest absolute Gasteiger partial charge is 0.508 e. The van der Waals surface area contributed by atoms with Crippen molar-refractivity contribution in [3.8, 4) is 5.75 Å². The minimum absolute atomic E-state index is 0.106. The fraction of sp³-hybridized carbons (Fsp3) is 0.235. The lowest BCUT2D eigenvalue weighted by Gasteiger charge is -2.26. The number of phenols is 1. The van der Waals surface area contributed by atoms with Crippen LogP contribution in [0.15, 0.2) is 42.5 Å². The van der Waals surface area contributed by atoms with Crippen molar-refractivity contribution in [3.05, 3.63) is 64.2 Å². The third-order valence-electron chi connectivity index (χ3n) is 3.69. The number of hydrogen-bond acceptors (Lipinski definition) is 2. The summed E-state index contributed by atoms with van der Waals surface area (Å²) >= 11 is 5.99. The van der Waals surface area contributed by atoms with E-state index in [1.54, 1.807) is 42.3 Å². The van der Waals surface area contributed by atoms with Gasteiger partial charge < -0.3 is 10.0 Å². The number of hydrogen-bond donors (Lipinski definition) is 1. The molecule has 0 saturated carbocycles. The number of aromatic hydroxyl groups is 1. The number of phenolic OH excluding ortho intramolecular Hbond substituents is 1. The van der Waals surface area contributed by atoms with Crippen molar-refractivity contribution < 1.29 is 9.90 Å². The van der Waals surface area contributed by atoms with Gasteiger partial charge in [-0.2, -0.15) is 0 Å². The zero-order valence-electron chi connectivity index (χ0n) is 12.3. The summed E-state index contributed by atoms with van der Waals surface area (Å²) in [7, 11) is 1.73. The summed E-state index contributed by atoms with van der Waals surface area (Å²) < 4.78 is 0. The van der Waals surface area contributed by atoms with Gasteiger partial charge in [0.1, 0.15) is 5.75 Å². The maximum Gasteiger partial charge on any atom is 0.254 e.